The maximum Gasteiger partial charge on any atom is 0.406 e. The Morgan fingerprint density at radius 2 is 1.97 bits per heavy atom. The minimum absolute atomic E-state index is 0.0232. The van der Waals surface area contributed by atoms with E-state index in [1.165, 1.54) is 24.3 Å². The quantitative estimate of drug-likeness (QED) is 0.554. The Kier molecular flexibility index (Phi) is 6.43. The predicted molar refractivity (Wildman–Crippen MR) is 102 cm³/mol. The third kappa shape index (κ3) is 5.62. The second-order valence-corrected chi connectivity index (χ2v) is 6.68. The summed E-state index contributed by atoms with van der Waals surface area (Å²) in [6, 6.07) is 7.29. The molecule has 1 amide bonds. The topological polar surface area (TPSA) is 73.4 Å². The van der Waals surface area contributed by atoms with E-state index in [9.17, 15) is 18.0 Å². The van der Waals surface area contributed by atoms with Crippen LogP contribution < -0.4 is 4.74 Å². The van der Waals surface area contributed by atoms with Gasteiger partial charge in [-0.1, -0.05) is 0 Å². The van der Waals surface area contributed by atoms with E-state index in [0.29, 0.717) is 11.7 Å². The normalized spacial score (nSPS) is 11.5. The number of amides is 1. The van der Waals surface area contributed by atoms with Crippen LogP contribution in [-0.4, -0.2) is 45.7 Å². The van der Waals surface area contributed by atoms with Crippen LogP contribution in [0.25, 0.3) is 11.3 Å². The van der Waals surface area contributed by atoms with Crippen LogP contribution in [0.5, 0.6) is 5.75 Å². The molecule has 0 spiro atoms. The average molecular weight is 422 g/mol. The van der Waals surface area contributed by atoms with E-state index < -0.39 is 12.7 Å². The molecule has 3 aromatic rings. The monoisotopic (exact) mass is 422 g/mol. The average Bonchev–Trinajstić information content (AvgIpc) is 3.34. The first-order chi connectivity index (χ1) is 14.2. The zero-order valence-electron chi connectivity index (χ0n) is 16.5. The first-order valence-corrected chi connectivity index (χ1v) is 9.15. The van der Waals surface area contributed by atoms with Gasteiger partial charge in [0.2, 0.25) is 5.91 Å². The van der Waals surface area contributed by atoms with E-state index >= 15 is 0 Å². The lowest BCUT2D eigenvalue weighted by Gasteiger charge is -2.18. The summed E-state index contributed by atoms with van der Waals surface area (Å²) in [6.45, 7) is -1.17. The number of hydrogen-bond acceptors (Lipinski definition) is 5. The van der Waals surface area contributed by atoms with Crippen molar-refractivity contribution in [1.82, 2.24) is 19.4 Å². The van der Waals surface area contributed by atoms with Gasteiger partial charge in [0.15, 0.2) is 11.7 Å². The third-order valence-corrected chi connectivity index (χ3v) is 4.44. The molecule has 0 aliphatic rings. The van der Waals surface area contributed by atoms with Crippen molar-refractivity contribution in [1.29, 1.82) is 0 Å². The summed E-state index contributed by atoms with van der Waals surface area (Å²) in [5.74, 6) is 1.62. The summed E-state index contributed by atoms with van der Waals surface area (Å²) < 4.78 is 49.6. The minimum Gasteiger partial charge on any atom is -0.497 e. The fourth-order valence-corrected chi connectivity index (χ4v) is 2.85. The molecule has 2 heterocycles. The first-order valence-electron chi connectivity index (χ1n) is 9.15. The molecule has 0 unspecified atom stereocenters. The van der Waals surface area contributed by atoms with Crippen LogP contribution in [0.4, 0.5) is 13.2 Å². The highest BCUT2D eigenvalue weighted by atomic mass is 19.4. The minimum atomic E-state index is -4.36. The van der Waals surface area contributed by atoms with Gasteiger partial charge in [0.1, 0.15) is 18.1 Å². The molecule has 2 aromatic heterocycles. The van der Waals surface area contributed by atoms with Crippen molar-refractivity contribution in [3.63, 3.8) is 0 Å². The van der Waals surface area contributed by atoms with Crippen LogP contribution in [0, 0.1) is 0 Å². The van der Waals surface area contributed by atoms with Crippen molar-refractivity contribution in [2.45, 2.75) is 32.1 Å². The standard InChI is InChI=1S/C20H21F3N4O3/c1-26(12-17-24-9-10-27(17)13-20(21,22)23)19(28)8-7-18-25-11-16(30-18)14-3-5-15(29-2)6-4-14/h3-6,9-11H,7-8,12-13H2,1-2H3. The number of carbonyl (C=O) groups excluding carboxylic acids is 1. The van der Waals surface area contributed by atoms with Gasteiger partial charge in [-0.05, 0) is 24.3 Å². The van der Waals surface area contributed by atoms with Crippen molar-refractivity contribution < 1.29 is 27.1 Å². The molecule has 0 radical (unpaired) electrons. The molecule has 30 heavy (non-hydrogen) atoms. The molecule has 3 rings (SSSR count). The maximum absolute atomic E-state index is 12.6. The van der Waals surface area contributed by atoms with Crippen LogP contribution in [0.2, 0.25) is 0 Å². The first kappa shape index (κ1) is 21.4. The molecule has 0 aliphatic carbocycles. The summed E-state index contributed by atoms with van der Waals surface area (Å²) >= 11 is 0. The number of imidazole rings is 1. The van der Waals surface area contributed by atoms with Crippen molar-refractivity contribution in [2.75, 3.05) is 14.2 Å². The molecule has 0 aliphatic heterocycles. The number of alkyl halides is 3. The predicted octanol–water partition coefficient (Wildman–Crippen LogP) is 3.70. The Morgan fingerprint density at radius 3 is 2.63 bits per heavy atom. The van der Waals surface area contributed by atoms with Crippen molar-refractivity contribution in [2.24, 2.45) is 0 Å². The fourth-order valence-electron chi connectivity index (χ4n) is 2.85. The third-order valence-electron chi connectivity index (χ3n) is 4.44. The Balaban J connectivity index is 1.54. The lowest BCUT2D eigenvalue weighted by molar-refractivity contribution is -0.141. The molecule has 1 aromatic carbocycles. The van der Waals surface area contributed by atoms with E-state index in [4.69, 9.17) is 9.15 Å². The molecule has 0 N–H and O–H groups in total. The van der Waals surface area contributed by atoms with E-state index in [0.717, 1.165) is 15.9 Å². The van der Waals surface area contributed by atoms with Gasteiger partial charge < -0.3 is 18.6 Å². The lowest BCUT2D eigenvalue weighted by Crippen LogP contribution is -2.29. The number of aryl methyl sites for hydroxylation is 1. The van der Waals surface area contributed by atoms with Gasteiger partial charge in [0.05, 0.1) is 19.9 Å². The van der Waals surface area contributed by atoms with Crippen LogP contribution in [0.1, 0.15) is 18.1 Å². The van der Waals surface area contributed by atoms with Gasteiger partial charge in [-0.2, -0.15) is 13.2 Å². The highest BCUT2D eigenvalue weighted by Crippen LogP contribution is 2.23. The van der Waals surface area contributed by atoms with Gasteiger partial charge in [0, 0.05) is 37.8 Å². The molecule has 10 heteroatoms. The number of carbonyl (C=O) groups is 1. The summed E-state index contributed by atoms with van der Waals surface area (Å²) in [4.78, 5) is 21.8. The Labute approximate surface area is 171 Å². The largest absolute Gasteiger partial charge is 0.497 e. The zero-order valence-corrected chi connectivity index (χ0v) is 16.5. The lowest BCUT2D eigenvalue weighted by atomic mass is 10.2. The summed E-state index contributed by atoms with van der Waals surface area (Å²) in [5, 5.41) is 0. The molecule has 0 saturated heterocycles. The van der Waals surface area contributed by atoms with Gasteiger partial charge in [0.25, 0.3) is 0 Å². The van der Waals surface area contributed by atoms with Gasteiger partial charge >= 0.3 is 6.18 Å². The number of aromatic nitrogens is 3. The summed E-state index contributed by atoms with van der Waals surface area (Å²) in [7, 11) is 3.10. The Morgan fingerprint density at radius 1 is 1.23 bits per heavy atom. The number of hydrogen-bond donors (Lipinski definition) is 0. The zero-order chi connectivity index (χ0) is 21.7. The van der Waals surface area contributed by atoms with Crippen LogP contribution in [0.15, 0.2) is 47.3 Å². The second kappa shape index (κ2) is 9.02. The maximum atomic E-state index is 12.6. The molecule has 0 bridgehead atoms. The van der Waals surface area contributed by atoms with Crippen molar-refractivity contribution >= 4 is 5.91 Å². The SMILES string of the molecule is COc1ccc(-c2cnc(CCC(=O)N(C)Cc3nccn3CC(F)(F)F)o2)cc1. The molecule has 0 saturated carbocycles. The number of oxazole rings is 1. The number of ether oxygens (including phenoxy) is 1. The number of rotatable bonds is 8. The molecule has 0 atom stereocenters. The molecule has 7 nitrogen and oxygen atoms in total. The van der Waals surface area contributed by atoms with E-state index in [2.05, 4.69) is 9.97 Å². The second-order valence-electron chi connectivity index (χ2n) is 6.68. The van der Waals surface area contributed by atoms with Crippen LogP contribution in [0.3, 0.4) is 0 Å². The molecule has 0 fully saturated rings. The highest BCUT2D eigenvalue weighted by Gasteiger charge is 2.29. The van der Waals surface area contributed by atoms with E-state index in [-0.39, 0.29) is 31.1 Å². The van der Waals surface area contributed by atoms with Crippen LogP contribution >= 0.6 is 0 Å². The number of halogens is 3. The Bertz CT molecular complexity index is 980. The van der Waals surface area contributed by atoms with E-state index in [1.54, 1.807) is 25.4 Å². The molecular formula is C20H21F3N4O3. The van der Waals surface area contributed by atoms with Crippen LogP contribution in [-0.2, 0) is 24.3 Å². The molecule has 160 valence electrons. The number of benzene rings is 1. The highest BCUT2D eigenvalue weighted by molar-refractivity contribution is 5.76. The fraction of sp³-hybridized carbons (Fsp3) is 0.350. The number of methoxy groups -OCH3 is 1. The summed E-state index contributed by atoms with van der Waals surface area (Å²) in [6.07, 6.45) is 0.140. The Hall–Kier alpha value is -3.30. The smallest absolute Gasteiger partial charge is 0.406 e. The van der Waals surface area contributed by atoms with E-state index in [1.807, 2.05) is 12.1 Å². The van der Waals surface area contributed by atoms with Crippen molar-refractivity contribution in [3.8, 4) is 17.1 Å². The summed E-state index contributed by atoms with van der Waals surface area (Å²) in [5.41, 5.74) is 0.828. The van der Waals surface area contributed by atoms with Crippen molar-refractivity contribution in [3.05, 3.63) is 54.6 Å². The van der Waals surface area contributed by atoms with Gasteiger partial charge in [-0.3, -0.25) is 4.79 Å². The molecular weight excluding hydrogens is 401 g/mol. The van der Waals surface area contributed by atoms with Gasteiger partial charge in [-0.15, -0.1) is 0 Å². The number of nitrogens with zero attached hydrogens (tertiary/aromatic N) is 4. The van der Waals surface area contributed by atoms with Gasteiger partial charge in [-0.25, -0.2) is 9.97 Å².